The Bertz CT molecular complexity index is 1140. The van der Waals surface area contributed by atoms with Gasteiger partial charge in [0.05, 0.1) is 13.7 Å². The van der Waals surface area contributed by atoms with Crippen molar-refractivity contribution < 1.29 is 28.2 Å². The van der Waals surface area contributed by atoms with E-state index in [1.807, 2.05) is 0 Å². The molecule has 0 aromatic heterocycles. The zero-order valence-electron chi connectivity index (χ0n) is 19.5. The first-order chi connectivity index (χ1) is 16.9. The van der Waals surface area contributed by atoms with Gasteiger partial charge in [0.25, 0.3) is 11.8 Å². The van der Waals surface area contributed by atoms with Gasteiger partial charge in [-0.3, -0.25) is 19.3 Å². The molecule has 2 aromatic rings. The van der Waals surface area contributed by atoms with Crippen LogP contribution in [0.2, 0.25) is 0 Å². The number of hydrogen-bond donors (Lipinski definition) is 1. The van der Waals surface area contributed by atoms with Crippen molar-refractivity contribution in [3.05, 3.63) is 65.5 Å². The molecule has 9 heteroatoms. The number of halogens is 1. The number of hydrogen-bond acceptors (Lipinski definition) is 5. The summed E-state index contributed by atoms with van der Waals surface area (Å²) in [5.41, 5.74) is -0.333. The largest absolute Gasteiger partial charge is 0.497 e. The number of benzene rings is 2. The normalized spacial score (nSPS) is 21.1. The van der Waals surface area contributed by atoms with Crippen molar-refractivity contribution in [3.63, 3.8) is 0 Å². The van der Waals surface area contributed by atoms with Crippen LogP contribution in [0.4, 0.5) is 4.39 Å². The van der Waals surface area contributed by atoms with Crippen molar-refractivity contribution in [2.45, 2.75) is 43.5 Å². The summed E-state index contributed by atoms with van der Waals surface area (Å²) in [6, 6.07) is 11.8. The quantitative estimate of drug-likeness (QED) is 0.709. The number of carbonyl (C=O) groups is 3. The van der Waals surface area contributed by atoms with Crippen LogP contribution in [0.25, 0.3) is 0 Å². The molecule has 2 aromatic carbocycles. The van der Waals surface area contributed by atoms with Gasteiger partial charge in [0, 0.05) is 43.1 Å². The van der Waals surface area contributed by atoms with Crippen molar-refractivity contribution in [2.75, 3.05) is 26.8 Å². The van der Waals surface area contributed by atoms with Crippen LogP contribution in [-0.4, -0.2) is 72.1 Å². The van der Waals surface area contributed by atoms with Gasteiger partial charge in [0.1, 0.15) is 23.3 Å². The molecular weight excluding hydrogens is 453 g/mol. The molecular formula is C26H28FN3O5. The second-order valence-electron chi connectivity index (χ2n) is 9.27. The number of rotatable bonds is 5. The first kappa shape index (κ1) is 23.3. The molecule has 0 unspecified atom stereocenters. The van der Waals surface area contributed by atoms with Crippen LogP contribution in [0.15, 0.2) is 48.5 Å². The predicted molar refractivity (Wildman–Crippen MR) is 124 cm³/mol. The Morgan fingerprint density at radius 3 is 2.37 bits per heavy atom. The Morgan fingerprint density at radius 2 is 1.71 bits per heavy atom. The van der Waals surface area contributed by atoms with E-state index in [4.69, 9.17) is 9.47 Å². The molecule has 1 atom stereocenters. The molecule has 3 aliphatic rings. The summed E-state index contributed by atoms with van der Waals surface area (Å²) >= 11 is 0. The Morgan fingerprint density at radius 1 is 1.03 bits per heavy atom. The highest BCUT2D eigenvalue weighted by atomic mass is 19.1. The van der Waals surface area contributed by atoms with E-state index < -0.39 is 17.6 Å². The zero-order valence-corrected chi connectivity index (χ0v) is 19.5. The number of nitrogens with zero attached hydrogens (tertiary/aromatic N) is 2. The van der Waals surface area contributed by atoms with Crippen LogP contribution < -0.4 is 10.1 Å². The topological polar surface area (TPSA) is 88.2 Å². The fourth-order valence-corrected chi connectivity index (χ4v) is 4.85. The number of methoxy groups -OCH3 is 1. The summed E-state index contributed by atoms with van der Waals surface area (Å²) in [4.78, 5) is 43.0. The molecule has 3 fully saturated rings. The van der Waals surface area contributed by atoms with Crippen LogP contribution in [0.1, 0.15) is 46.4 Å². The molecule has 5 rings (SSSR count). The lowest BCUT2D eigenvalue weighted by atomic mass is 9.96. The Kier molecular flexibility index (Phi) is 6.19. The molecule has 2 saturated heterocycles. The summed E-state index contributed by atoms with van der Waals surface area (Å²) in [5.74, 6) is -0.741. The van der Waals surface area contributed by atoms with Crippen LogP contribution in [-0.2, 0) is 9.53 Å². The SMILES string of the molecule is COc1cccc(C(=O)N2[C@@H](C(=O)NC3CC3)COC23CCN(C(=O)c2cccc(F)c2)CC3)c1. The molecule has 0 bridgehead atoms. The van der Waals surface area contributed by atoms with Crippen molar-refractivity contribution in [3.8, 4) is 5.75 Å². The lowest BCUT2D eigenvalue weighted by molar-refractivity contribution is -0.128. The minimum Gasteiger partial charge on any atom is -0.497 e. The summed E-state index contributed by atoms with van der Waals surface area (Å²) in [5, 5.41) is 2.99. The van der Waals surface area contributed by atoms with E-state index >= 15 is 0 Å². The van der Waals surface area contributed by atoms with Crippen LogP contribution in [0.3, 0.4) is 0 Å². The third-order valence-electron chi connectivity index (χ3n) is 6.93. The van der Waals surface area contributed by atoms with Crippen molar-refractivity contribution in [1.29, 1.82) is 0 Å². The number of piperidine rings is 1. The molecule has 1 N–H and O–H groups in total. The summed E-state index contributed by atoms with van der Waals surface area (Å²) in [6.45, 7) is 0.717. The standard InChI is InChI=1S/C26H28FN3O5/c1-34-21-7-3-5-18(15-21)25(33)30-22(23(31)28-20-8-9-20)16-35-26(30)10-12-29(13-11-26)24(32)17-4-2-6-19(27)14-17/h2-7,14-15,20,22H,8-13,16H2,1H3,(H,28,31)/t22-/m1/s1. The summed E-state index contributed by atoms with van der Waals surface area (Å²) < 4.78 is 25.1. The molecule has 8 nitrogen and oxygen atoms in total. The number of amides is 3. The Hall–Kier alpha value is -3.46. The highest BCUT2D eigenvalue weighted by Crippen LogP contribution is 2.39. The van der Waals surface area contributed by atoms with Gasteiger partial charge in [-0.15, -0.1) is 0 Å². The monoisotopic (exact) mass is 481 g/mol. The highest BCUT2D eigenvalue weighted by molar-refractivity contribution is 5.99. The van der Waals surface area contributed by atoms with Crippen molar-refractivity contribution in [1.82, 2.24) is 15.1 Å². The molecule has 2 aliphatic heterocycles. The van der Waals surface area contributed by atoms with E-state index in [2.05, 4.69) is 5.32 Å². The van der Waals surface area contributed by atoms with Gasteiger partial charge in [-0.1, -0.05) is 12.1 Å². The minimum atomic E-state index is -1.01. The van der Waals surface area contributed by atoms with Crippen LogP contribution in [0.5, 0.6) is 5.75 Å². The van der Waals surface area contributed by atoms with Gasteiger partial charge in [-0.25, -0.2) is 4.39 Å². The summed E-state index contributed by atoms with van der Waals surface area (Å²) in [6.07, 6.45) is 2.56. The first-order valence-electron chi connectivity index (χ1n) is 11.9. The third kappa shape index (κ3) is 4.60. The van der Waals surface area contributed by atoms with Gasteiger partial charge in [0.15, 0.2) is 0 Å². The maximum atomic E-state index is 13.8. The molecule has 184 valence electrons. The summed E-state index contributed by atoms with van der Waals surface area (Å²) in [7, 11) is 1.53. The molecule has 1 saturated carbocycles. The average Bonchev–Trinajstić information content (AvgIpc) is 3.62. The second-order valence-corrected chi connectivity index (χ2v) is 9.27. The smallest absolute Gasteiger partial charge is 0.257 e. The fraction of sp³-hybridized carbons (Fsp3) is 0.423. The van der Waals surface area contributed by atoms with E-state index in [9.17, 15) is 18.8 Å². The molecule has 1 spiro atoms. The van der Waals surface area contributed by atoms with E-state index in [0.717, 1.165) is 12.8 Å². The predicted octanol–water partition coefficient (Wildman–Crippen LogP) is 2.59. The van der Waals surface area contributed by atoms with E-state index in [1.165, 1.54) is 25.3 Å². The molecule has 2 heterocycles. The maximum absolute atomic E-state index is 13.8. The molecule has 0 radical (unpaired) electrons. The van der Waals surface area contributed by atoms with Crippen LogP contribution >= 0.6 is 0 Å². The first-order valence-corrected chi connectivity index (χ1v) is 11.9. The lowest BCUT2D eigenvalue weighted by Crippen LogP contribution is -2.60. The van der Waals surface area contributed by atoms with Crippen molar-refractivity contribution in [2.24, 2.45) is 0 Å². The minimum absolute atomic E-state index is 0.0894. The number of nitrogens with one attached hydrogen (secondary N) is 1. The average molecular weight is 482 g/mol. The number of likely N-dealkylation sites (tertiary alicyclic amines) is 1. The van der Waals surface area contributed by atoms with Gasteiger partial charge < -0.3 is 19.7 Å². The lowest BCUT2D eigenvalue weighted by Gasteiger charge is -2.44. The van der Waals surface area contributed by atoms with Gasteiger partial charge in [0.2, 0.25) is 5.91 Å². The second kappa shape index (κ2) is 9.30. The Balaban J connectivity index is 1.39. The number of carbonyl (C=O) groups excluding carboxylic acids is 3. The fourth-order valence-electron chi connectivity index (χ4n) is 4.85. The van der Waals surface area contributed by atoms with E-state index in [-0.39, 0.29) is 35.9 Å². The van der Waals surface area contributed by atoms with Crippen molar-refractivity contribution >= 4 is 17.7 Å². The highest BCUT2D eigenvalue weighted by Gasteiger charge is 2.54. The molecule has 1 aliphatic carbocycles. The molecule has 3 amide bonds. The van der Waals surface area contributed by atoms with Gasteiger partial charge in [-0.2, -0.15) is 0 Å². The van der Waals surface area contributed by atoms with Crippen LogP contribution in [0, 0.1) is 5.82 Å². The maximum Gasteiger partial charge on any atom is 0.257 e. The van der Waals surface area contributed by atoms with E-state index in [1.54, 1.807) is 40.1 Å². The van der Waals surface area contributed by atoms with Gasteiger partial charge >= 0.3 is 0 Å². The third-order valence-corrected chi connectivity index (χ3v) is 6.93. The van der Waals surface area contributed by atoms with Gasteiger partial charge in [-0.05, 0) is 49.2 Å². The number of ether oxygens (including phenoxy) is 2. The zero-order chi connectivity index (χ0) is 24.6. The Labute approximate surface area is 203 Å². The van der Waals surface area contributed by atoms with E-state index in [0.29, 0.717) is 37.2 Å². The molecule has 35 heavy (non-hydrogen) atoms.